The largest absolute Gasteiger partial charge is 0.455 e. The Hall–Kier alpha value is -7.36. The van der Waals surface area contributed by atoms with E-state index in [0.717, 1.165) is 61.2 Å². The van der Waals surface area contributed by atoms with Gasteiger partial charge in [-0.25, -0.2) is 0 Å². The highest BCUT2D eigenvalue weighted by Gasteiger charge is 2.36. The molecule has 1 aliphatic carbocycles. The predicted molar refractivity (Wildman–Crippen MR) is 243 cm³/mol. The van der Waals surface area contributed by atoms with Crippen molar-refractivity contribution in [3.05, 3.63) is 205 Å². The average Bonchev–Trinajstić information content (AvgIpc) is 3.91. The van der Waals surface area contributed by atoms with Crippen molar-refractivity contribution >= 4 is 71.6 Å². The molecule has 0 N–H and O–H groups in total. The highest BCUT2D eigenvalue weighted by molar-refractivity contribution is 6.18. The Bertz CT molecular complexity index is 3420. The molecule has 12 rings (SSSR count). The number of fused-ring (bicyclic) bond motifs is 11. The van der Waals surface area contributed by atoms with Crippen LogP contribution in [0.2, 0.25) is 0 Å². The van der Waals surface area contributed by atoms with Gasteiger partial charge in [0.2, 0.25) is 0 Å². The Morgan fingerprint density at radius 2 is 1.10 bits per heavy atom. The number of anilines is 3. The van der Waals surface area contributed by atoms with Crippen LogP contribution in [0.15, 0.2) is 199 Å². The number of hydrogen-bond donors (Lipinski definition) is 0. The number of furan rings is 1. The molecule has 2 heterocycles. The first-order valence-electron chi connectivity index (χ1n) is 20.1. The normalized spacial score (nSPS) is 13.1. The number of rotatable bonds is 5. The number of nitrogens with zero attached hydrogens (tertiary/aromatic N) is 2. The minimum absolute atomic E-state index is 0.136. The van der Waals surface area contributed by atoms with Crippen LogP contribution in [0.4, 0.5) is 17.1 Å². The second-order valence-corrected chi connectivity index (χ2v) is 16.1. The summed E-state index contributed by atoms with van der Waals surface area (Å²) in [6.45, 7) is 4.71. The van der Waals surface area contributed by atoms with Crippen LogP contribution in [-0.4, -0.2) is 4.57 Å². The second kappa shape index (κ2) is 12.3. The van der Waals surface area contributed by atoms with Gasteiger partial charge in [0.05, 0.1) is 16.7 Å². The predicted octanol–water partition coefficient (Wildman–Crippen LogP) is 15.3. The summed E-state index contributed by atoms with van der Waals surface area (Å²) in [7, 11) is 0. The molecule has 11 aromatic rings. The summed E-state index contributed by atoms with van der Waals surface area (Å²) in [5.74, 6) is 0. The van der Waals surface area contributed by atoms with Crippen molar-refractivity contribution in [2.75, 3.05) is 4.90 Å². The molecule has 0 spiro atoms. The van der Waals surface area contributed by atoms with E-state index in [1.807, 2.05) is 0 Å². The molecule has 3 heteroatoms. The molecule has 274 valence electrons. The van der Waals surface area contributed by atoms with Gasteiger partial charge in [0, 0.05) is 55.0 Å². The highest BCUT2D eigenvalue weighted by atomic mass is 16.3. The number of para-hydroxylation sites is 3. The fourth-order valence-corrected chi connectivity index (χ4v) is 9.84. The minimum atomic E-state index is -0.136. The van der Waals surface area contributed by atoms with E-state index in [-0.39, 0.29) is 5.41 Å². The first-order valence-corrected chi connectivity index (χ1v) is 20.1. The molecule has 9 aromatic carbocycles. The van der Waals surface area contributed by atoms with Crippen molar-refractivity contribution in [3.63, 3.8) is 0 Å². The third-order valence-electron chi connectivity index (χ3n) is 12.6. The van der Waals surface area contributed by atoms with E-state index < -0.39 is 0 Å². The lowest BCUT2D eigenvalue weighted by atomic mass is 9.82. The molecule has 0 fully saturated rings. The van der Waals surface area contributed by atoms with E-state index in [0.29, 0.717) is 0 Å². The van der Waals surface area contributed by atoms with Crippen LogP contribution in [0.1, 0.15) is 25.0 Å². The van der Waals surface area contributed by atoms with Crippen LogP contribution < -0.4 is 4.90 Å². The number of hydrogen-bond acceptors (Lipinski definition) is 2. The van der Waals surface area contributed by atoms with Gasteiger partial charge in [-0.1, -0.05) is 147 Å². The standard InChI is InChI=1S/C55H38N2O/c1-55(2)47-22-10-8-18-42(47)43-33-31-39(34-48(43)55)56(50-24-13-25-51-52(50)46-19-9-11-23-49(46)57(51)37-15-4-3-5-16-37)38-29-26-36(27-30-38)41-20-12-21-44-45-32-28-35-14-6-7-17-40(35)54(45)58-53(41)44/h3-34H,1-2H3. The van der Waals surface area contributed by atoms with Gasteiger partial charge in [0.1, 0.15) is 11.2 Å². The third kappa shape index (κ3) is 4.68. The lowest BCUT2D eigenvalue weighted by molar-refractivity contribution is 0.660. The van der Waals surface area contributed by atoms with Gasteiger partial charge in [-0.05, 0) is 93.9 Å². The van der Waals surface area contributed by atoms with Crippen molar-refractivity contribution in [3.8, 4) is 27.9 Å². The molecule has 58 heavy (non-hydrogen) atoms. The van der Waals surface area contributed by atoms with Gasteiger partial charge >= 0.3 is 0 Å². The highest BCUT2D eigenvalue weighted by Crippen LogP contribution is 2.52. The first kappa shape index (κ1) is 32.8. The zero-order valence-corrected chi connectivity index (χ0v) is 32.3. The molecular weight excluding hydrogens is 705 g/mol. The van der Waals surface area contributed by atoms with Gasteiger partial charge in [0.15, 0.2) is 0 Å². The van der Waals surface area contributed by atoms with Gasteiger partial charge in [-0.15, -0.1) is 0 Å². The van der Waals surface area contributed by atoms with Crippen LogP contribution in [0.3, 0.4) is 0 Å². The van der Waals surface area contributed by atoms with E-state index in [1.54, 1.807) is 0 Å². The molecule has 0 bridgehead atoms. The second-order valence-electron chi connectivity index (χ2n) is 16.1. The SMILES string of the molecule is CC1(C)c2ccccc2-c2ccc(N(c3ccc(-c4cccc5c4oc4c6ccccc6ccc54)cc3)c3cccc4c3c3ccccc3n4-c3ccccc3)cc21. The molecule has 0 atom stereocenters. The molecule has 0 saturated heterocycles. The maximum absolute atomic E-state index is 6.77. The van der Waals surface area contributed by atoms with Gasteiger partial charge in [-0.3, -0.25) is 0 Å². The quantitative estimate of drug-likeness (QED) is 0.175. The van der Waals surface area contributed by atoms with Crippen molar-refractivity contribution < 1.29 is 4.42 Å². The third-order valence-corrected chi connectivity index (χ3v) is 12.6. The van der Waals surface area contributed by atoms with Crippen LogP contribution in [0.5, 0.6) is 0 Å². The smallest absolute Gasteiger partial charge is 0.143 e. The maximum Gasteiger partial charge on any atom is 0.143 e. The zero-order chi connectivity index (χ0) is 38.5. The molecule has 0 unspecified atom stereocenters. The number of aromatic nitrogens is 1. The van der Waals surface area contributed by atoms with Crippen LogP contribution >= 0.6 is 0 Å². The molecule has 2 aromatic heterocycles. The van der Waals surface area contributed by atoms with E-state index in [2.05, 4.69) is 217 Å². The van der Waals surface area contributed by atoms with E-state index >= 15 is 0 Å². The summed E-state index contributed by atoms with van der Waals surface area (Å²) in [5.41, 5.74) is 16.1. The van der Waals surface area contributed by atoms with Gasteiger partial charge in [-0.2, -0.15) is 0 Å². The monoisotopic (exact) mass is 742 g/mol. The lowest BCUT2D eigenvalue weighted by Crippen LogP contribution is -2.16. The van der Waals surface area contributed by atoms with Crippen LogP contribution in [0.25, 0.3) is 82.5 Å². The zero-order valence-electron chi connectivity index (χ0n) is 32.3. The molecule has 0 saturated carbocycles. The minimum Gasteiger partial charge on any atom is -0.455 e. The lowest BCUT2D eigenvalue weighted by Gasteiger charge is -2.29. The summed E-state index contributed by atoms with van der Waals surface area (Å²) >= 11 is 0. The first-order chi connectivity index (χ1) is 28.5. The summed E-state index contributed by atoms with van der Waals surface area (Å²) in [5, 5.41) is 7.03. The van der Waals surface area contributed by atoms with Crippen molar-refractivity contribution in [1.82, 2.24) is 4.57 Å². The Morgan fingerprint density at radius 3 is 1.98 bits per heavy atom. The number of benzene rings is 9. The van der Waals surface area contributed by atoms with Crippen molar-refractivity contribution in [2.45, 2.75) is 19.3 Å². The molecule has 0 radical (unpaired) electrons. The van der Waals surface area contributed by atoms with Crippen LogP contribution in [-0.2, 0) is 5.41 Å². The van der Waals surface area contributed by atoms with Crippen molar-refractivity contribution in [2.24, 2.45) is 0 Å². The average molecular weight is 743 g/mol. The molecule has 3 nitrogen and oxygen atoms in total. The van der Waals surface area contributed by atoms with E-state index in [4.69, 9.17) is 4.42 Å². The fourth-order valence-electron chi connectivity index (χ4n) is 9.84. The summed E-state index contributed by atoms with van der Waals surface area (Å²) < 4.78 is 9.17. The Balaban J connectivity index is 1.07. The topological polar surface area (TPSA) is 21.3 Å². The molecular formula is C55H38N2O. The fraction of sp³-hybridized carbons (Fsp3) is 0.0545. The molecule has 1 aliphatic rings. The summed E-state index contributed by atoms with van der Waals surface area (Å²) in [6.07, 6.45) is 0. The van der Waals surface area contributed by atoms with Gasteiger partial charge < -0.3 is 13.9 Å². The van der Waals surface area contributed by atoms with E-state index in [1.165, 1.54) is 49.4 Å². The summed E-state index contributed by atoms with van der Waals surface area (Å²) in [4.78, 5) is 2.46. The van der Waals surface area contributed by atoms with Crippen molar-refractivity contribution in [1.29, 1.82) is 0 Å². The van der Waals surface area contributed by atoms with E-state index in [9.17, 15) is 0 Å². The molecule has 0 amide bonds. The molecule has 0 aliphatic heterocycles. The Labute approximate surface area is 336 Å². The van der Waals surface area contributed by atoms with Gasteiger partial charge in [0.25, 0.3) is 0 Å². The maximum atomic E-state index is 6.77. The summed E-state index contributed by atoms with van der Waals surface area (Å²) in [6, 6.07) is 70.6. The Morgan fingerprint density at radius 1 is 0.448 bits per heavy atom. The Kier molecular flexibility index (Phi) is 6.98. The van der Waals surface area contributed by atoms with Crippen LogP contribution in [0, 0.1) is 0 Å².